The molecule has 0 aromatic heterocycles. The molecule has 138 valence electrons. The molecule has 1 heterocycles. The Hall–Kier alpha value is -2.11. The number of hydrogen-bond donors (Lipinski definition) is 0. The molecule has 0 saturated heterocycles. The number of ether oxygens (including phenoxy) is 2. The van der Waals surface area contributed by atoms with Crippen molar-refractivity contribution < 1.29 is 18.3 Å². The summed E-state index contributed by atoms with van der Waals surface area (Å²) >= 11 is 6.20. The van der Waals surface area contributed by atoms with Gasteiger partial charge in [-0.05, 0) is 37.1 Å². The summed E-state index contributed by atoms with van der Waals surface area (Å²) in [6.45, 7) is 3.69. The van der Waals surface area contributed by atoms with Gasteiger partial charge in [0.25, 0.3) is 0 Å². The van der Waals surface area contributed by atoms with Gasteiger partial charge in [-0.25, -0.2) is 8.78 Å². The first kappa shape index (κ1) is 18.7. The molecule has 0 spiro atoms. The van der Waals surface area contributed by atoms with E-state index in [-0.39, 0.29) is 5.75 Å². The summed E-state index contributed by atoms with van der Waals surface area (Å²) in [5.74, 6) is -0.720. The van der Waals surface area contributed by atoms with Crippen molar-refractivity contribution >= 4 is 11.6 Å². The fraction of sp³-hybridized carbons (Fsp3) is 0.300. The van der Waals surface area contributed by atoms with Crippen LogP contribution in [0.5, 0.6) is 17.2 Å². The van der Waals surface area contributed by atoms with Gasteiger partial charge in [0.2, 0.25) is 0 Å². The molecule has 6 heteroatoms. The summed E-state index contributed by atoms with van der Waals surface area (Å²) in [4.78, 5) is 2.38. The molecule has 0 aliphatic carbocycles. The highest BCUT2D eigenvalue weighted by Gasteiger charge is 2.09. The second kappa shape index (κ2) is 9.01. The van der Waals surface area contributed by atoms with Crippen LogP contribution < -0.4 is 9.47 Å². The normalized spacial score (nSPS) is 14.4. The lowest BCUT2D eigenvalue weighted by Crippen LogP contribution is -2.29. The van der Waals surface area contributed by atoms with Crippen molar-refractivity contribution in [3.63, 3.8) is 0 Å². The zero-order chi connectivity index (χ0) is 18.4. The monoisotopic (exact) mass is 379 g/mol. The smallest absolute Gasteiger partial charge is 0.162 e. The van der Waals surface area contributed by atoms with Gasteiger partial charge < -0.3 is 9.47 Å². The average Bonchev–Trinajstić information content (AvgIpc) is 2.65. The van der Waals surface area contributed by atoms with Gasteiger partial charge in [-0.15, -0.1) is 0 Å². The molecular formula is C20H20ClF2NO2. The Morgan fingerprint density at radius 3 is 2.58 bits per heavy atom. The Kier molecular flexibility index (Phi) is 6.47. The first-order chi connectivity index (χ1) is 12.6. The van der Waals surface area contributed by atoms with Gasteiger partial charge in [-0.1, -0.05) is 23.8 Å². The number of halogens is 3. The molecule has 2 aromatic carbocycles. The quantitative estimate of drug-likeness (QED) is 0.472. The van der Waals surface area contributed by atoms with E-state index in [0.717, 1.165) is 44.6 Å². The molecule has 0 radical (unpaired) electrons. The van der Waals surface area contributed by atoms with Crippen molar-refractivity contribution in [3.05, 3.63) is 65.2 Å². The molecule has 0 saturated carbocycles. The van der Waals surface area contributed by atoms with Gasteiger partial charge in [0.05, 0.1) is 11.6 Å². The predicted octanol–water partition coefficient (Wildman–Crippen LogP) is 5.44. The zero-order valence-corrected chi connectivity index (χ0v) is 15.0. The molecular weight excluding hydrogens is 360 g/mol. The number of hydrogen-bond acceptors (Lipinski definition) is 3. The molecule has 0 N–H and O–H groups in total. The van der Waals surface area contributed by atoms with E-state index in [9.17, 15) is 8.78 Å². The summed E-state index contributed by atoms with van der Waals surface area (Å²) in [5.41, 5.74) is 0. The molecule has 0 fully saturated rings. The molecule has 0 unspecified atom stereocenters. The number of rotatable bonds is 7. The van der Waals surface area contributed by atoms with Gasteiger partial charge in [-0.3, -0.25) is 4.90 Å². The minimum atomic E-state index is -0.970. The summed E-state index contributed by atoms with van der Waals surface area (Å²) in [6.07, 6.45) is 6.43. The van der Waals surface area contributed by atoms with Gasteiger partial charge in [0.1, 0.15) is 17.2 Å². The van der Waals surface area contributed by atoms with E-state index in [2.05, 4.69) is 17.1 Å². The van der Waals surface area contributed by atoms with Crippen LogP contribution in [0, 0.1) is 11.6 Å². The van der Waals surface area contributed by atoms with Crippen molar-refractivity contribution in [1.82, 2.24) is 4.90 Å². The third kappa shape index (κ3) is 5.19. The Bertz CT molecular complexity index is 782. The summed E-state index contributed by atoms with van der Waals surface area (Å²) < 4.78 is 37.4. The van der Waals surface area contributed by atoms with Crippen molar-refractivity contribution in [1.29, 1.82) is 0 Å². The van der Waals surface area contributed by atoms with Gasteiger partial charge in [0, 0.05) is 31.8 Å². The fourth-order valence-electron chi connectivity index (χ4n) is 2.69. The first-order valence-corrected chi connectivity index (χ1v) is 8.92. The van der Waals surface area contributed by atoms with Crippen LogP contribution in [0.2, 0.25) is 5.02 Å². The second-order valence-electron chi connectivity index (χ2n) is 6.03. The van der Waals surface area contributed by atoms with E-state index in [1.165, 1.54) is 6.07 Å². The van der Waals surface area contributed by atoms with Crippen molar-refractivity contribution in [2.75, 3.05) is 26.2 Å². The van der Waals surface area contributed by atoms with Crippen LogP contribution in [0.25, 0.3) is 0 Å². The highest BCUT2D eigenvalue weighted by Crippen LogP contribution is 2.33. The lowest BCUT2D eigenvalue weighted by molar-refractivity contribution is 0.247. The SMILES string of the molecule is Fc1ccc(Oc2ccc(OCCCN3CC=CCC3)cc2Cl)cc1F. The molecule has 1 aliphatic rings. The molecule has 0 atom stereocenters. The lowest BCUT2D eigenvalue weighted by Gasteiger charge is -2.22. The summed E-state index contributed by atoms with van der Waals surface area (Å²) in [7, 11) is 0. The third-order valence-electron chi connectivity index (χ3n) is 4.05. The maximum absolute atomic E-state index is 13.2. The first-order valence-electron chi connectivity index (χ1n) is 8.54. The Balaban J connectivity index is 1.50. The van der Waals surface area contributed by atoms with Crippen molar-refractivity contribution in [2.45, 2.75) is 12.8 Å². The van der Waals surface area contributed by atoms with E-state index < -0.39 is 11.6 Å². The minimum Gasteiger partial charge on any atom is -0.493 e. The van der Waals surface area contributed by atoms with Crippen molar-refractivity contribution in [2.24, 2.45) is 0 Å². The van der Waals surface area contributed by atoms with Crippen LogP contribution in [-0.2, 0) is 0 Å². The van der Waals surface area contributed by atoms with Gasteiger partial charge >= 0.3 is 0 Å². The molecule has 3 rings (SSSR count). The topological polar surface area (TPSA) is 21.7 Å². The highest BCUT2D eigenvalue weighted by molar-refractivity contribution is 6.32. The second-order valence-corrected chi connectivity index (χ2v) is 6.44. The Labute approximate surface area is 156 Å². The van der Waals surface area contributed by atoms with Crippen LogP contribution in [-0.4, -0.2) is 31.1 Å². The van der Waals surface area contributed by atoms with Gasteiger partial charge in [-0.2, -0.15) is 0 Å². The highest BCUT2D eigenvalue weighted by atomic mass is 35.5. The molecule has 0 bridgehead atoms. The average molecular weight is 380 g/mol. The predicted molar refractivity (Wildman–Crippen MR) is 98.2 cm³/mol. The Morgan fingerprint density at radius 2 is 1.85 bits per heavy atom. The van der Waals surface area contributed by atoms with E-state index in [1.54, 1.807) is 18.2 Å². The number of nitrogens with zero attached hydrogens (tertiary/aromatic N) is 1. The van der Waals surface area contributed by atoms with Crippen molar-refractivity contribution in [3.8, 4) is 17.2 Å². The maximum atomic E-state index is 13.2. The molecule has 3 nitrogen and oxygen atoms in total. The summed E-state index contributed by atoms with van der Waals surface area (Å²) in [6, 6.07) is 8.37. The lowest BCUT2D eigenvalue weighted by atomic mass is 10.2. The molecule has 1 aliphatic heterocycles. The van der Waals surface area contributed by atoms with E-state index in [0.29, 0.717) is 23.1 Å². The standard InChI is InChI=1S/C20H20ClF2NO2/c21-17-13-15(25-12-4-11-24-9-2-1-3-10-24)6-8-20(17)26-16-5-7-18(22)19(23)14-16/h1-2,5-8,13-14H,3-4,9-12H2. The van der Waals surface area contributed by atoms with Crippen LogP contribution in [0.15, 0.2) is 48.6 Å². The van der Waals surface area contributed by atoms with E-state index in [1.807, 2.05) is 0 Å². The number of benzene rings is 2. The van der Waals surface area contributed by atoms with E-state index >= 15 is 0 Å². The van der Waals surface area contributed by atoms with Crippen LogP contribution in [0.4, 0.5) is 8.78 Å². The minimum absolute atomic E-state index is 0.176. The molecule has 26 heavy (non-hydrogen) atoms. The third-order valence-corrected chi connectivity index (χ3v) is 4.35. The van der Waals surface area contributed by atoms with Crippen LogP contribution >= 0.6 is 11.6 Å². The molecule has 2 aromatic rings. The van der Waals surface area contributed by atoms with E-state index in [4.69, 9.17) is 21.1 Å². The van der Waals surface area contributed by atoms with Crippen LogP contribution in [0.3, 0.4) is 0 Å². The zero-order valence-electron chi connectivity index (χ0n) is 14.3. The van der Waals surface area contributed by atoms with Gasteiger partial charge in [0.15, 0.2) is 11.6 Å². The fourth-order valence-corrected chi connectivity index (χ4v) is 2.90. The maximum Gasteiger partial charge on any atom is 0.162 e. The Morgan fingerprint density at radius 1 is 1.00 bits per heavy atom. The largest absolute Gasteiger partial charge is 0.493 e. The summed E-state index contributed by atoms with van der Waals surface area (Å²) in [5, 5.41) is 0.341. The van der Waals surface area contributed by atoms with Crippen LogP contribution in [0.1, 0.15) is 12.8 Å². The molecule has 0 amide bonds.